The highest BCUT2D eigenvalue weighted by molar-refractivity contribution is 5.75. The number of likely N-dealkylation sites (tertiary alicyclic amines) is 1. The summed E-state index contributed by atoms with van der Waals surface area (Å²) in [6.45, 7) is 5.10. The Bertz CT molecular complexity index is 488. The Kier molecular flexibility index (Phi) is 6.25. The third-order valence-electron chi connectivity index (χ3n) is 4.51. The van der Waals surface area contributed by atoms with Crippen molar-refractivity contribution in [2.75, 3.05) is 13.2 Å². The average molecular weight is 304 g/mol. The minimum Gasteiger partial charge on any atom is -0.396 e. The van der Waals surface area contributed by atoms with Crippen LogP contribution in [0.25, 0.3) is 0 Å². The van der Waals surface area contributed by atoms with Gasteiger partial charge < -0.3 is 15.3 Å². The molecule has 0 aromatic heterocycles. The lowest BCUT2D eigenvalue weighted by molar-refractivity contribution is 0.130. The number of benzene rings is 1. The van der Waals surface area contributed by atoms with Crippen molar-refractivity contribution in [2.45, 2.75) is 58.0 Å². The van der Waals surface area contributed by atoms with E-state index >= 15 is 0 Å². The largest absolute Gasteiger partial charge is 0.396 e. The first-order chi connectivity index (χ1) is 10.6. The van der Waals surface area contributed by atoms with E-state index in [4.69, 9.17) is 5.11 Å². The number of amides is 2. The molecule has 1 aliphatic rings. The molecule has 4 heteroatoms. The van der Waals surface area contributed by atoms with Crippen LogP contribution in [0.4, 0.5) is 4.79 Å². The van der Waals surface area contributed by atoms with E-state index in [1.54, 1.807) is 0 Å². The molecule has 122 valence electrons. The van der Waals surface area contributed by atoms with E-state index in [-0.39, 0.29) is 24.7 Å². The number of piperidine rings is 1. The van der Waals surface area contributed by atoms with Gasteiger partial charge in [0.1, 0.15) is 0 Å². The molecule has 2 atom stereocenters. The summed E-state index contributed by atoms with van der Waals surface area (Å²) in [6.07, 6.45) is 4.73. The predicted octanol–water partition coefficient (Wildman–Crippen LogP) is 2.87. The summed E-state index contributed by atoms with van der Waals surface area (Å²) in [6, 6.07) is 8.60. The number of urea groups is 1. The molecule has 22 heavy (non-hydrogen) atoms. The molecule has 1 saturated heterocycles. The molecule has 2 rings (SSSR count). The number of rotatable bonds is 5. The Hall–Kier alpha value is -1.55. The molecular formula is C18H28N2O2. The molecule has 0 bridgehead atoms. The van der Waals surface area contributed by atoms with Crippen LogP contribution in [0.2, 0.25) is 0 Å². The molecule has 0 spiro atoms. The smallest absolute Gasteiger partial charge is 0.317 e. The second-order valence-corrected chi connectivity index (χ2v) is 6.34. The number of nitrogens with zero attached hydrogens (tertiary/aromatic N) is 1. The third kappa shape index (κ3) is 4.47. The lowest BCUT2D eigenvalue weighted by atomic mass is 10.00. The van der Waals surface area contributed by atoms with Crippen molar-refractivity contribution in [3.63, 3.8) is 0 Å². The van der Waals surface area contributed by atoms with E-state index in [2.05, 4.69) is 31.3 Å². The minimum absolute atomic E-state index is 0.0132. The fourth-order valence-electron chi connectivity index (χ4n) is 3.23. The van der Waals surface area contributed by atoms with Crippen molar-refractivity contribution in [2.24, 2.45) is 0 Å². The van der Waals surface area contributed by atoms with Gasteiger partial charge in [0.05, 0.1) is 0 Å². The van der Waals surface area contributed by atoms with Crippen LogP contribution >= 0.6 is 0 Å². The lowest BCUT2D eigenvalue weighted by Crippen LogP contribution is -2.51. The molecule has 1 aliphatic heterocycles. The van der Waals surface area contributed by atoms with Crippen molar-refractivity contribution in [3.05, 3.63) is 35.4 Å². The average Bonchev–Trinajstić information content (AvgIpc) is 2.50. The summed E-state index contributed by atoms with van der Waals surface area (Å²) in [5.74, 6) is 0. The first kappa shape index (κ1) is 16.8. The zero-order valence-corrected chi connectivity index (χ0v) is 13.7. The van der Waals surface area contributed by atoms with Crippen LogP contribution in [0.3, 0.4) is 0 Å². The summed E-state index contributed by atoms with van der Waals surface area (Å²) >= 11 is 0. The first-order valence-corrected chi connectivity index (χ1v) is 8.34. The van der Waals surface area contributed by atoms with Gasteiger partial charge in [-0.3, -0.25) is 0 Å². The zero-order valence-electron chi connectivity index (χ0n) is 13.7. The molecule has 4 nitrogen and oxygen atoms in total. The summed E-state index contributed by atoms with van der Waals surface area (Å²) in [4.78, 5) is 14.4. The number of aliphatic hydroxyl groups excluding tert-OH is 1. The number of hydrogen-bond donors (Lipinski definition) is 2. The van der Waals surface area contributed by atoms with Gasteiger partial charge >= 0.3 is 6.03 Å². The van der Waals surface area contributed by atoms with E-state index < -0.39 is 0 Å². The highest BCUT2D eigenvalue weighted by Gasteiger charge is 2.26. The van der Waals surface area contributed by atoms with Gasteiger partial charge in [-0.05, 0) is 57.1 Å². The SMILES string of the molecule is Cc1ccccc1CC(C)NC(=O)N1CCCCC1CCO. The van der Waals surface area contributed by atoms with Crippen molar-refractivity contribution in [1.29, 1.82) is 0 Å². The van der Waals surface area contributed by atoms with Crippen LogP contribution in [0.5, 0.6) is 0 Å². The number of aryl methyl sites for hydroxylation is 1. The number of carbonyl (C=O) groups is 1. The van der Waals surface area contributed by atoms with Gasteiger partial charge in [-0.1, -0.05) is 24.3 Å². The third-order valence-corrected chi connectivity index (χ3v) is 4.51. The summed E-state index contributed by atoms with van der Waals surface area (Å²) in [7, 11) is 0. The molecule has 2 N–H and O–H groups in total. The van der Waals surface area contributed by atoms with E-state index in [1.165, 1.54) is 11.1 Å². The van der Waals surface area contributed by atoms with Crippen molar-refractivity contribution in [1.82, 2.24) is 10.2 Å². The van der Waals surface area contributed by atoms with Gasteiger partial charge in [0.15, 0.2) is 0 Å². The van der Waals surface area contributed by atoms with Gasteiger partial charge in [0.25, 0.3) is 0 Å². The number of carbonyl (C=O) groups excluding carboxylic acids is 1. The predicted molar refractivity (Wildman–Crippen MR) is 88.9 cm³/mol. The highest BCUT2D eigenvalue weighted by Crippen LogP contribution is 2.19. The van der Waals surface area contributed by atoms with Crippen molar-refractivity contribution in [3.8, 4) is 0 Å². The van der Waals surface area contributed by atoms with Crippen LogP contribution < -0.4 is 5.32 Å². The van der Waals surface area contributed by atoms with Gasteiger partial charge in [-0.2, -0.15) is 0 Å². The van der Waals surface area contributed by atoms with Crippen LogP contribution in [-0.2, 0) is 6.42 Å². The van der Waals surface area contributed by atoms with Crippen molar-refractivity contribution < 1.29 is 9.90 Å². The Morgan fingerprint density at radius 3 is 2.91 bits per heavy atom. The first-order valence-electron chi connectivity index (χ1n) is 8.34. The van der Waals surface area contributed by atoms with Crippen LogP contribution in [0.1, 0.15) is 43.7 Å². The monoisotopic (exact) mass is 304 g/mol. The maximum atomic E-state index is 12.5. The maximum absolute atomic E-state index is 12.5. The number of nitrogens with one attached hydrogen (secondary N) is 1. The molecular weight excluding hydrogens is 276 g/mol. The molecule has 1 aromatic carbocycles. The minimum atomic E-state index is 0.0132. The van der Waals surface area contributed by atoms with E-state index in [1.807, 2.05) is 17.0 Å². The Balaban J connectivity index is 1.91. The Morgan fingerprint density at radius 1 is 1.41 bits per heavy atom. The maximum Gasteiger partial charge on any atom is 0.317 e. The Morgan fingerprint density at radius 2 is 2.18 bits per heavy atom. The fraction of sp³-hybridized carbons (Fsp3) is 0.611. The quantitative estimate of drug-likeness (QED) is 0.879. The van der Waals surface area contributed by atoms with Crippen LogP contribution in [0.15, 0.2) is 24.3 Å². The molecule has 0 aliphatic carbocycles. The van der Waals surface area contributed by atoms with Crippen LogP contribution in [-0.4, -0.2) is 41.3 Å². The molecule has 2 amide bonds. The molecule has 1 heterocycles. The van der Waals surface area contributed by atoms with Crippen LogP contribution in [0, 0.1) is 6.92 Å². The highest BCUT2D eigenvalue weighted by atomic mass is 16.3. The standard InChI is InChI=1S/C18H28N2O2/c1-14-7-3-4-8-16(14)13-15(2)19-18(22)20-11-6-5-9-17(20)10-12-21/h3-4,7-8,15,17,21H,5-6,9-13H2,1-2H3,(H,19,22). The van der Waals surface area contributed by atoms with E-state index in [9.17, 15) is 4.79 Å². The van der Waals surface area contributed by atoms with Gasteiger partial charge in [-0.15, -0.1) is 0 Å². The molecule has 1 fully saturated rings. The summed E-state index contributed by atoms with van der Waals surface area (Å²) < 4.78 is 0. The molecule has 0 saturated carbocycles. The van der Waals surface area contributed by atoms with Gasteiger partial charge in [0, 0.05) is 25.2 Å². The second-order valence-electron chi connectivity index (χ2n) is 6.34. The molecule has 0 radical (unpaired) electrons. The summed E-state index contributed by atoms with van der Waals surface area (Å²) in [5, 5.41) is 12.3. The molecule has 1 aromatic rings. The van der Waals surface area contributed by atoms with E-state index in [0.29, 0.717) is 6.42 Å². The Labute approximate surface area is 133 Å². The van der Waals surface area contributed by atoms with E-state index in [0.717, 1.165) is 32.2 Å². The van der Waals surface area contributed by atoms with Crippen molar-refractivity contribution >= 4 is 6.03 Å². The second kappa shape index (κ2) is 8.18. The van der Waals surface area contributed by atoms with Gasteiger partial charge in [-0.25, -0.2) is 4.79 Å². The van der Waals surface area contributed by atoms with Gasteiger partial charge in [0.2, 0.25) is 0 Å². The lowest BCUT2D eigenvalue weighted by Gasteiger charge is -2.36. The molecule has 2 unspecified atom stereocenters. The number of hydrogen-bond acceptors (Lipinski definition) is 2. The number of aliphatic hydroxyl groups is 1. The topological polar surface area (TPSA) is 52.6 Å². The fourth-order valence-corrected chi connectivity index (χ4v) is 3.23. The normalized spacial score (nSPS) is 19.8. The summed E-state index contributed by atoms with van der Waals surface area (Å²) in [5.41, 5.74) is 2.54. The zero-order chi connectivity index (χ0) is 15.9.